The summed E-state index contributed by atoms with van der Waals surface area (Å²) in [6, 6.07) is 7.14. The lowest BCUT2D eigenvalue weighted by molar-refractivity contribution is -0.136. The smallest absolute Gasteiger partial charge is 0.383 e. The van der Waals surface area contributed by atoms with Crippen molar-refractivity contribution in [2.24, 2.45) is 0 Å². The highest BCUT2D eigenvalue weighted by Crippen LogP contribution is 2.34. The van der Waals surface area contributed by atoms with E-state index in [-0.39, 0.29) is 23.5 Å². The number of para-hydroxylation sites is 1. The molecule has 0 aliphatic carbocycles. The molecule has 0 bridgehead atoms. The number of carbonyl (C=O) groups excluding carboxylic acids is 2. The zero-order valence-electron chi connectivity index (χ0n) is 13.8. The van der Waals surface area contributed by atoms with E-state index >= 15 is 0 Å². The summed E-state index contributed by atoms with van der Waals surface area (Å²) < 4.78 is 43.8. The summed E-state index contributed by atoms with van der Waals surface area (Å²) in [6.45, 7) is 0.562. The highest BCUT2D eigenvalue weighted by molar-refractivity contribution is 6.06. The van der Waals surface area contributed by atoms with Gasteiger partial charge in [0.2, 0.25) is 0 Å². The van der Waals surface area contributed by atoms with Gasteiger partial charge in [0, 0.05) is 25.4 Å². The Balaban J connectivity index is 2.16. The molecule has 138 valence electrons. The van der Waals surface area contributed by atoms with Crippen molar-refractivity contribution in [3.8, 4) is 0 Å². The first-order valence-corrected chi connectivity index (χ1v) is 7.53. The number of hydrogen-bond donors (Lipinski definition) is 2. The number of ether oxygens (including phenoxy) is 1. The number of nitrogens with zero attached hydrogens (tertiary/aromatic N) is 1. The molecular formula is C17H16F3N3O3. The molecule has 9 heteroatoms. The van der Waals surface area contributed by atoms with Gasteiger partial charge in [-0.05, 0) is 24.3 Å². The van der Waals surface area contributed by atoms with E-state index in [1.54, 1.807) is 0 Å². The van der Waals surface area contributed by atoms with Crippen LogP contribution in [0.15, 0.2) is 42.6 Å². The number of aromatic nitrogens is 1. The molecule has 0 unspecified atom stereocenters. The Hall–Kier alpha value is -2.94. The topological polar surface area (TPSA) is 80.3 Å². The van der Waals surface area contributed by atoms with E-state index in [1.807, 2.05) is 0 Å². The molecule has 0 radical (unpaired) electrons. The van der Waals surface area contributed by atoms with Crippen molar-refractivity contribution in [1.82, 2.24) is 10.3 Å². The van der Waals surface area contributed by atoms with E-state index < -0.39 is 23.6 Å². The molecule has 0 fully saturated rings. The lowest BCUT2D eigenvalue weighted by Gasteiger charge is -2.13. The number of nitrogens with one attached hydrogen (secondary N) is 2. The van der Waals surface area contributed by atoms with E-state index in [1.165, 1.54) is 37.6 Å². The van der Waals surface area contributed by atoms with Crippen molar-refractivity contribution in [3.05, 3.63) is 59.4 Å². The Labute approximate surface area is 147 Å². The van der Waals surface area contributed by atoms with Gasteiger partial charge in [-0.1, -0.05) is 12.1 Å². The fourth-order valence-corrected chi connectivity index (χ4v) is 2.09. The van der Waals surface area contributed by atoms with Crippen LogP contribution in [-0.2, 0) is 10.9 Å². The molecular weight excluding hydrogens is 351 g/mol. The minimum Gasteiger partial charge on any atom is -0.383 e. The maximum absolute atomic E-state index is 13.0. The Kier molecular flexibility index (Phi) is 6.29. The number of benzene rings is 1. The molecule has 0 aliphatic rings. The van der Waals surface area contributed by atoms with Crippen LogP contribution in [0.5, 0.6) is 0 Å². The monoisotopic (exact) mass is 367 g/mol. The summed E-state index contributed by atoms with van der Waals surface area (Å²) in [7, 11) is 1.48. The summed E-state index contributed by atoms with van der Waals surface area (Å²) in [5, 5.41) is 4.75. The molecule has 2 amide bonds. The van der Waals surface area contributed by atoms with E-state index in [9.17, 15) is 22.8 Å². The third-order valence-corrected chi connectivity index (χ3v) is 3.33. The van der Waals surface area contributed by atoms with Crippen molar-refractivity contribution >= 4 is 17.5 Å². The largest absolute Gasteiger partial charge is 0.418 e. The molecule has 1 aromatic carbocycles. The SMILES string of the molecule is COCCNC(=O)c1cc(C(=O)Nc2ccccc2C(F)(F)F)ccn1. The molecule has 1 aromatic heterocycles. The van der Waals surface area contributed by atoms with Crippen LogP contribution in [0.2, 0.25) is 0 Å². The second kappa shape index (κ2) is 8.43. The molecule has 0 saturated heterocycles. The number of hydrogen-bond acceptors (Lipinski definition) is 4. The minimum atomic E-state index is -4.60. The first kappa shape index (κ1) is 19.4. The van der Waals surface area contributed by atoms with Crippen LogP contribution in [0.3, 0.4) is 0 Å². The average Bonchev–Trinajstić information content (AvgIpc) is 2.61. The first-order chi connectivity index (χ1) is 12.3. The maximum Gasteiger partial charge on any atom is 0.418 e. The van der Waals surface area contributed by atoms with Crippen LogP contribution in [-0.4, -0.2) is 37.1 Å². The van der Waals surface area contributed by atoms with Crippen molar-refractivity contribution in [3.63, 3.8) is 0 Å². The van der Waals surface area contributed by atoms with E-state index in [4.69, 9.17) is 4.74 Å². The number of alkyl halides is 3. The maximum atomic E-state index is 13.0. The minimum absolute atomic E-state index is 0.00821. The number of methoxy groups -OCH3 is 1. The van der Waals surface area contributed by atoms with Gasteiger partial charge in [0.1, 0.15) is 5.69 Å². The van der Waals surface area contributed by atoms with E-state index in [0.29, 0.717) is 6.61 Å². The summed E-state index contributed by atoms with van der Waals surface area (Å²) in [5.74, 6) is -1.30. The highest BCUT2D eigenvalue weighted by atomic mass is 19.4. The third-order valence-electron chi connectivity index (χ3n) is 3.33. The predicted molar refractivity (Wildman–Crippen MR) is 87.8 cm³/mol. The number of carbonyl (C=O) groups is 2. The predicted octanol–water partition coefficient (Wildman–Crippen LogP) is 2.73. The van der Waals surface area contributed by atoms with Gasteiger partial charge in [0.25, 0.3) is 11.8 Å². The van der Waals surface area contributed by atoms with E-state index in [2.05, 4.69) is 15.6 Å². The Morgan fingerprint density at radius 1 is 1.15 bits per heavy atom. The summed E-state index contributed by atoms with van der Waals surface area (Å²) in [6.07, 6.45) is -3.37. The van der Waals surface area contributed by atoms with E-state index in [0.717, 1.165) is 12.1 Å². The lowest BCUT2D eigenvalue weighted by atomic mass is 10.1. The number of amides is 2. The van der Waals surface area contributed by atoms with Crippen LogP contribution in [0.4, 0.5) is 18.9 Å². The molecule has 6 nitrogen and oxygen atoms in total. The van der Waals surface area contributed by atoms with Gasteiger partial charge >= 0.3 is 6.18 Å². The lowest BCUT2D eigenvalue weighted by Crippen LogP contribution is -2.28. The Morgan fingerprint density at radius 3 is 2.58 bits per heavy atom. The molecule has 1 heterocycles. The standard InChI is InChI=1S/C17H16F3N3O3/c1-26-9-8-22-16(25)14-10-11(6-7-21-14)15(24)23-13-5-3-2-4-12(13)17(18,19)20/h2-7,10H,8-9H2,1H3,(H,22,25)(H,23,24). The molecule has 2 N–H and O–H groups in total. The third kappa shape index (κ3) is 5.03. The van der Waals surface area contributed by atoms with Gasteiger partial charge in [0.15, 0.2) is 0 Å². The highest BCUT2D eigenvalue weighted by Gasteiger charge is 2.33. The van der Waals surface area contributed by atoms with Gasteiger partial charge in [-0.3, -0.25) is 14.6 Å². The van der Waals surface area contributed by atoms with Crippen LogP contribution >= 0.6 is 0 Å². The molecule has 0 atom stereocenters. The van der Waals surface area contributed by atoms with Crippen molar-refractivity contribution in [1.29, 1.82) is 0 Å². The number of halogens is 3. The van der Waals surface area contributed by atoms with Crippen LogP contribution in [0, 0.1) is 0 Å². The number of pyridine rings is 1. The first-order valence-electron chi connectivity index (χ1n) is 7.53. The Bertz CT molecular complexity index is 794. The zero-order chi connectivity index (χ0) is 19.2. The summed E-state index contributed by atoms with van der Waals surface area (Å²) in [4.78, 5) is 28.1. The van der Waals surface area contributed by atoms with Gasteiger partial charge < -0.3 is 15.4 Å². The van der Waals surface area contributed by atoms with Gasteiger partial charge in [-0.25, -0.2) is 0 Å². The Morgan fingerprint density at radius 2 is 1.88 bits per heavy atom. The summed E-state index contributed by atoms with van der Waals surface area (Å²) >= 11 is 0. The van der Waals surface area contributed by atoms with Crippen LogP contribution in [0.25, 0.3) is 0 Å². The van der Waals surface area contributed by atoms with Crippen LogP contribution in [0.1, 0.15) is 26.4 Å². The molecule has 2 rings (SSSR count). The van der Waals surface area contributed by atoms with Gasteiger partial charge in [0.05, 0.1) is 17.9 Å². The molecule has 26 heavy (non-hydrogen) atoms. The van der Waals surface area contributed by atoms with Crippen molar-refractivity contribution in [2.45, 2.75) is 6.18 Å². The normalized spacial score (nSPS) is 11.1. The quantitative estimate of drug-likeness (QED) is 0.770. The summed E-state index contributed by atoms with van der Waals surface area (Å²) in [5.41, 5.74) is -1.35. The van der Waals surface area contributed by atoms with Crippen molar-refractivity contribution < 1.29 is 27.5 Å². The van der Waals surface area contributed by atoms with Gasteiger partial charge in [-0.2, -0.15) is 13.2 Å². The zero-order valence-corrected chi connectivity index (χ0v) is 13.8. The van der Waals surface area contributed by atoms with Crippen LogP contribution < -0.4 is 10.6 Å². The molecule has 0 saturated carbocycles. The number of rotatable bonds is 6. The fraction of sp³-hybridized carbons (Fsp3) is 0.235. The second-order valence-corrected chi connectivity index (χ2v) is 5.18. The fourth-order valence-electron chi connectivity index (χ4n) is 2.09. The van der Waals surface area contributed by atoms with Gasteiger partial charge in [-0.15, -0.1) is 0 Å². The molecule has 2 aromatic rings. The average molecular weight is 367 g/mol. The van der Waals surface area contributed by atoms with Crippen molar-refractivity contribution in [2.75, 3.05) is 25.6 Å². The molecule has 0 spiro atoms. The number of anilines is 1. The second-order valence-electron chi connectivity index (χ2n) is 5.18. The molecule has 0 aliphatic heterocycles.